The molecule has 152 valence electrons. The van der Waals surface area contributed by atoms with Crippen LogP contribution in [0.2, 0.25) is 5.02 Å². The van der Waals surface area contributed by atoms with Crippen molar-refractivity contribution in [2.45, 2.75) is 57.4 Å². The van der Waals surface area contributed by atoms with Crippen molar-refractivity contribution in [3.05, 3.63) is 23.2 Å². The maximum absolute atomic E-state index is 13.1. The van der Waals surface area contributed by atoms with E-state index in [2.05, 4.69) is 12.2 Å². The normalized spacial score (nSPS) is 17.5. The lowest BCUT2D eigenvalue weighted by molar-refractivity contribution is -0.126. The quantitative estimate of drug-likeness (QED) is 0.704. The number of nitrogens with one attached hydrogen (secondary N) is 1. The van der Waals surface area contributed by atoms with E-state index in [0.717, 1.165) is 12.8 Å². The van der Waals surface area contributed by atoms with E-state index in [0.29, 0.717) is 43.3 Å². The molecule has 1 aromatic rings. The van der Waals surface area contributed by atoms with E-state index in [1.165, 1.54) is 10.4 Å². The van der Waals surface area contributed by atoms with Gasteiger partial charge in [0.25, 0.3) is 0 Å². The van der Waals surface area contributed by atoms with Gasteiger partial charge in [-0.05, 0) is 51.3 Å². The van der Waals surface area contributed by atoms with Crippen LogP contribution in [0.4, 0.5) is 0 Å². The highest BCUT2D eigenvalue weighted by molar-refractivity contribution is 7.89. The number of piperidine rings is 1. The van der Waals surface area contributed by atoms with Crippen molar-refractivity contribution in [3.8, 4) is 5.75 Å². The Labute approximate surface area is 167 Å². The Morgan fingerprint density at radius 2 is 2.00 bits per heavy atom. The van der Waals surface area contributed by atoms with Crippen molar-refractivity contribution in [3.63, 3.8) is 0 Å². The Bertz CT molecular complexity index is 746. The number of halogens is 1. The zero-order valence-electron chi connectivity index (χ0n) is 16.2. The molecule has 1 aromatic carbocycles. The van der Waals surface area contributed by atoms with E-state index in [4.69, 9.17) is 16.3 Å². The van der Waals surface area contributed by atoms with Gasteiger partial charge in [-0.15, -0.1) is 0 Å². The highest BCUT2D eigenvalue weighted by atomic mass is 35.5. The predicted molar refractivity (Wildman–Crippen MR) is 107 cm³/mol. The number of nitrogens with zero attached hydrogens (tertiary/aromatic N) is 1. The van der Waals surface area contributed by atoms with Gasteiger partial charge < -0.3 is 10.1 Å². The number of carbonyl (C=O) groups excluding carboxylic acids is 1. The standard InChI is InChI=1S/C19H29ClN2O4S/c1-4-6-14(3)21-19(23)15-9-11-22(12-10-15)27(24,25)18-13-16(20)7-8-17(18)26-5-2/h7-8,13-15H,4-6,9-12H2,1-3H3,(H,21,23)/t14-/m0/s1. The molecule has 0 aromatic heterocycles. The van der Waals surface area contributed by atoms with Crippen LogP contribution in [-0.4, -0.2) is 44.4 Å². The van der Waals surface area contributed by atoms with Gasteiger partial charge in [-0.25, -0.2) is 8.42 Å². The molecule has 1 aliphatic rings. The first kappa shape index (κ1) is 22.0. The summed E-state index contributed by atoms with van der Waals surface area (Å²) in [6.07, 6.45) is 2.97. The molecule has 0 unspecified atom stereocenters. The lowest BCUT2D eigenvalue weighted by Crippen LogP contribution is -2.44. The van der Waals surface area contributed by atoms with Crippen LogP contribution in [-0.2, 0) is 14.8 Å². The lowest BCUT2D eigenvalue weighted by atomic mass is 9.96. The number of benzene rings is 1. The first-order valence-corrected chi connectivity index (χ1v) is 11.3. The van der Waals surface area contributed by atoms with Crippen LogP contribution in [0.1, 0.15) is 46.5 Å². The van der Waals surface area contributed by atoms with Crippen LogP contribution in [0, 0.1) is 5.92 Å². The van der Waals surface area contributed by atoms with Crippen LogP contribution in [0.5, 0.6) is 5.75 Å². The third kappa shape index (κ3) is 5.59. The number of hydrogen-bond donors (Lipinski definition) is 1. The molecule has 0 spiro atoms. The molecule has 0 saturated carbocycles. The maximum atomic E-state index is 13.1. The SMILES string of the molecule is CCC[C@H](C)NC(=O)C1CCN(S(=O)(=O)c2cc(Cl)ccc2OCC)CC1. The van der Waals surface area contributed by atoms with E-state index >= 15 is 0 Å². The number of amides is 1. The summed E-state index contributed by atoms with van der Waals surface area (Å²) in [6, 6.07) is 4.75. The average Bonchev–Trinajstić information content (AvgIpc) is 2.63. The fourth-order valence-electron chi connectivity index (χ4n) is 3.32. The summed E-state index contributed by atoms with van der Waals surface area (Å²) >= 11 is 6.01. The fourth-order valence-corrected chi connectivity index (χ4v) is 5.19. The zero-order valence-corrected chi connectivity index (χ0v) is 17.8. The summed E-state index contributed by atoms with van der Waals surface area (Å²) in [7, 11) is -3.73. The monoisotopic (exact) mass is 416 g/mol. The van der Waals surface area contributed by atoms with Gasteiger partial charge in [-0.3, -0.25) is 4.79 Å². The minimum Gasteiger partial charge on any atom is -0.492 e. The third-order valence-corrected chi connectivity index (χ3v) is 6.91. The molecule has 1 atom stereocenters. The Morgan fingerprint density at radius 3 is 2.59 bits per heavy atom. The molecule has 6 nitrogen and oxygen atoms in total. The summed E-state index contributed by atoms with van der Waals surface area (Å²) in [4.78, 5) is 12.5. The molecule has 0 aliphatic carbocycles. The van der Waals surface area contributed by atoms with Gasteiger partial charge in [0.05, 0.1) is 6.61 Å². The summed E-state index contributed by atoms with van der Waals surface area (Å²) in [5.41, 5.74) is 0. The first-order chi connectivity index (χ1) is 12.8. The number of hydrogen-bond acceptors (Lipinski definition) is 4. The summed E-state index contributed by atoms with van der Waals surface area (Å²) in [5, 5.41) is 3.37. The molecule has 1 heterocycles. The van der Waals surface area contributed by atoms with Gasteiger partial charge in [-0.2, -0.15) is 4.31 Å². The van der Waals surface area contributed by atoms with Gasteiger partial charge in [-0.1, -0.05) is 24.9 Å². The summed E-state index contributed by atoms with van der Waals surface area (Å²) in [5.74, 6) is 0.169. The van der Waals surface area contributed by atoms with Gasteiger partial charge in [0.1, 0.15) is 10.6 Å². The molecular weight excluding hydrogens is 388 g/mol. The molecule has 0 radical (unpaired) electrons. The second kappa shape index (κ2) is 9.75. The topological polar surface area (TPSA) is 75.7 Å². The molecule has 1 saturated heterocycles. The lowest BCUT2D eigenvalue weighted by Gasteiger charge is -2.31. The van der Waals surface area contributed by atoms with Crippen molar-refractivity contribution in [2.75, 3.05) is 19.7 Å². The molecule has 8 heteroatoms. The molecule has 27 heavy (non-hydrogen) atoms. The minimum absolute atomic E-state index is 0.0192. The Kier molecular flexibility index (Phi) is 7.94. The number of rotatable bonds is 8. The molecule has 1 fully saturated rings. The highest BCUT2D eigenvalue weighted by Crippen LogP contribution is 2.32. The van der Waals surface area contributed by atoms with Crippen LogP contribution in [0.15, 0.2) is 23.1 Å². The van der Waals surface area contributed by atoms with E-state index in [9.17, 15) is 13.2 Å². The van der Waals surface area contributed by atoms with Crippen molar-refractivity contribution in [2.24, 2.45) is 5.92 Å². The molecular formula is C19H29ClN2O4S. The molecule has 1 amide bonds. The summed E-state index contributed by atoms with van der Waals surface area (Å²) in [6.45, 7) is 6.85. The average molecular weight is 417 g/mol. The van der Waals surface area contributed by atoms with Gasteiger partial charge in [0, 0.05) is 30.1 Å². The summed E-state index contributed by atoms with van der Waals surface area (Å²) < 4.78 is 33.0. The minimum atomic E-state index is -3.73. The van der Waals surface area contributed by atoms with Crippen LogP contribution in [0.3, 0.4) is 0 Å². The molecule has 0 bridgehead atoms. The van der Waals surface area contributed by atoms with Crippen molar-refractivity contribution in [1.82, 2.24) is 9.62 Å². The Balaban J connectivity index is 2.07. The zero-order chi connectivity index (χ0) is 20.0. The van der Waals surface area contributed by atoms with Crippen molar-refractivity contribution < 1.29 is 17.9 Å². The highest BCUT2D eigenvalue weighted by Gasteiger charge is 2.34. The van der Waals surface area contributed by atoms with Crippen LogP contribution >= 0.6 is 11.6 Å². The Hall–Kier alpha value is -1.31. The third-order valence-electron chi connectivity index (χ3n) is 4.76. The van der Waals surface area contributed by atoms with E-state index in [1.807, 2.05) is 6.92 Å². The largest absolute Gasteiger partial charge is 0.492 e. The van der Waals surface area contributed by atoms with E-state index < -0.39 is 10.0 Å². The predicted octanol–water partition coefficient (Wildman–Crippen LogP) is 3.44. The number of sulfonamides is 1. The van der Waals surface area contributed by atoms with Gasteiger partial charge in [0.15, 0.2) is 0 Å². The molecule has 2 rings (SSSR count). The van der Waals surface area contributed by atoms with Crippen molar-refractivity contribution in [1.29, 1.82) is 0 Å². The van der Waals surface area contributed by atoms with Gasteiger partial charge >= 0.3 is 0 Å². The molecule has 1 aliphatic heterocycles. The number of ether oxygens (including phenoxy) is 1. The fraction of sp³-hybridized carbons (Fsp3) is 0.632. The van der Waals surface area contributed by atoms with E-state index in [1.54, 1.807) is 19.1 Å². The van der Waals surface area contributed by atoms with Crippen LogP contribution < -0.4 is 10.1 Å². The molecule has 1 N–H and O–H groups in total. The van der Waals surface area contributed by atoms with Gasteiger partial charge in [0.2, 0.25) is 15.9 Å². The first-order valence-electron chi connectivity index (χ1n) is 9.52. The smallest absolute Gasteiger partial charge is 0.246 e. The number of carbonyl (C=O) groups is 1. The Morgan fingerprint density at radius 1 is 1.33 bits per heavy atom. The van der Waals surface area contributed by atoms with Crippen molar-refractivity contribution >= 4 is 27.5 Å². The second-order valence-electron chi connectivity index (χ2n) is 6.90. The van der Waals surface area contributed by atoms with E-state index in [-0.39, 0.29) is 22.8 Å². The maximum Gasteiger partial charge on any atom is 0.246 e. The second-order valence-corrected chi connectivity index (χ2v) is 9.24. The van der Waals surface area contributed by atoms with Crippen LogP contribution in [0.25, 0.3) is 0 Å².